The van der Waals surface area contributed by atoms with E-state index in [1.54, 1.807) is 0 Å². The average Bonchev–Trinajstić information content (AvgIpc) is 2.68. The Hall–Kier alpha value is -1.77. The minimum atomic E-state index is 0.523. The molecule has 0 bridgehead atoms. The van der Waals surface area contributed by atoms with Gasteiger partial charge in [0.05, 0.1) is 5.69 Å². The number of benzene rings is 1. The lowest BCUT2D eigenvalue weighted by atomic mass is 9.95. The fourth-order valence-electron chi connectivity index (χ4n) is 2.76. The normalized spacial score (nSPS) is 18.2. The third kappa shape index (κ3) is 2.13. The molecular weight excluding hydrogens is 222 g/mol. The van der Waals surface area contributed by atoms with Crippen molar-refractivity contribution in [3.8, 4) is 0 Å². The van der Waals surface area contributed by atoms with E-state index < -0.39 is 0 Å². The first-order chi connectivity index (χ1) is 8.72. The van der Waals surface area contributed by atoms with Crippen LogP contribution in [-0.4, -0.2) is 15.8 Å². The molecule has 1 unspecified atom stereocenters. The van der Waals surface area contributed by atoms with Gasteiger partial charge in [0.15, 0.2) is 0 Å². The van der Waals surface area contributed by atoms with Gasteiger partial charge in [0.2, 0.25) is 0 Å². The second kappa shape index (κ2) is 4.48. The maximum Gasteiger partial charge on any atom is 0.0596 e. The molecule has 0 radical (unpaired) electrons. The molecule has 1 aromatic carbocycles. The van der Waals surface area contributed by atoms with Gasteiger partial charge in [0, 0.05) is 30.9 Å². The first-order valence-corrected chi connectivity index (χ1v) is 6.56. The molecule has 3 nitrogen and oxygen atoms in total. The number of aryl methyl sites for hydroxylation is 3. The summed E-state index contributed by atoms with van der Waals surface area (Å²) in [5, 5.41) is 8.05. The van der Waals surface area contributed by atoms with Crippen LogP contribution in [0.15, 0.2) is 30.3 Å². The molecule has 2 aromatic rings. The van der Waals surface area contributed by atoms with Crippen LogP contribution in [0.4, 0.5) is 5.69 Å². The van der Waals surface area contributed by atoms with Gasteiger partial charge >= 0.3 is 0 Å². The van der Waals surface area contributed by atoms with Crippen LogP contribution in [0.1, 0.15) is 23.4 Å². The van der Waals surface area contributed by atoms with Crippen molar-refractivity contribution < 1.29 is 0 Å². The predicted molar refractivity (Wildman–Crippen MR) is 73.8 cm³/mol. The summed E-state index contributed by atoms with van der Waals surface area (Å²) in [6.07, 6.45) is 3.41. The largest absolute Gasteiger partial charge is 0.382 e. The predicted octanol–water partition coefficient (Wildman–Crippen LogP) is 2.70. The summed E-state index contributed by atoms with van der Waals surface area (Å²) in [6.45, 7) is 2.05. The molecule has 18 heavy (non-hydrogen) atoms. The van der Waals surface area contributed by atoms with Crippen molar-refractivity contribution in [3.63, 3.8) is 0 Å². The summed E-state index contributed by atoms with van der Waals surface area (Å²) in [7, 11) is 2.03. The average molecular weight is 241 g/mol. The first-order valence-electron chi connectivity index (χ1n) is 6.56. The number of anilines is 1. The zero-order chi connectivity index (χ0) is 12.5. The van der Waals surface area contributed by atoms with Crippen LogP contribution < -0.4 is 5.32 Å². The Balaban J connectivity index is 1.75. The molecule has 3 rings (SSSR count). The molecule has 1 aromatic heterocycles. The van der Waals surface area contributed by atoms with Crippen LogP contribution >= 0.6 is 0 Å². The van der Waals surface area contributed by atoms with E-state index in [0.29, 0.717) is 6.04 Å². The van der Waals surface area contributed by atoms with Gasteiger partial charge in [-0.15, -0.1) is 0 Å². The van der Waals surface area contributed by atoms with Gasteiger partial charge in [0.25, 0.3) is 0 Å². The number of para-hydroxylation sites is 1. The van der Waals surface area contributed by atoms with E-state index in [1.807, 2.05) is 18.7 Å². The highest BCUT2D eigenvalue weighted by Crippen LogP contribution is 2.25. The number of aromatic nitrogens is 2. The summed E-state index contributed by atoms with van der Waals surface area (Å²) in [5.41, 5.74) is 5.15. The molecule has 1 aliphatic rings. The molecule has 0 amide bonds. The summed E-state index contributed by atoms with van der Waals surface area (Å²) in [5.74, 6) is 0. The smallest absolute Gasteiger partial charge is 0.0596 e. The van der Waals surface area contributed by atoms with Gasteiger partial charge < -0.3 is 5.32 Å². The van der Waals surface area contributed by atoms with Crippen molar-refractivity contribution in [2.75, 3.05) is 5.32 Å². The first kappa shape index (κ1) is 11.3. The summed E-state index contributed by atoms with van der Waals surface area (Å²) in [6, 6.07) is 11.3. The molecular formula is C15H19N3. The van der Waals surface area contributed by atoms with Crippen LogP contribution in [-0.2, 0) is 19.9 Å². The van der Waals surface area contributed by atoms with Crippen LogP contribution in [0.3, 0.4) is 0 Å². The molecule has 0 saturated heterocycles. The number of rotatable bonds is 2. The molecule has 1 aliphatic heterocycles. The Labute approximate surface area is 108 Å². The lowest BCUT2D eigenvalue weighted by Crippen LogP contribution is -2.28. The highest BCUT2D eigenvalue weighted by molar-refractivity contribution is 5.53. The highest BCUT2D eigenvalue weighted by atomic mass is 15.3. The van der Waals surface area contributed by atoms with Crippen molar-refractivity contribution in [2.24, 2.45) is 7.05 Å². The van der Waals surface area contributed by atoms with E-state index in [-0.39, 0.29) is 0 Å². The second-order valence-corrected chi connectivity index (χ2v) is 5.14. The topological polar surface area (TPSA) is 29.9 Å². The third-order valence-electron chi connectivity index (χ3n) is 3.69. The second-order valence-electron chi connectivity index (χ2n) is 5.14. The van der Waals surface area contributed by atoms with Crippen molar-refractivity contribution in [1.82, 2.24) is 9.78 Å². The van der Waals surface area contributed by atoms with E-state index in [4.69, 9.17) is 0 Å². The molecule has 2 heterocycles. The molecule has 0 saturated carbocycles. The molecule has 0 fully saturated rings. The Morgan fingerprint density at radius 1 is 1.39 bits per heavy atom. The Morgan fingerprint density at radius 2 is 2.22 bits per heavy atom. The van der Waals surface area contributed by atoms with Crippen molar-refractivity contribution >= 4 is 5.69 Å². The molecule has 0 spiro atoms. The molecule has 1 N–H and O–H groups in total. The van der Waals surface area contributed by atoms with Crippen LogP contribution in [0, 0.1) is 6.92 Å². The zero-order valence-electron chi connectivity index (χ0n) is 11.0. The van der Waals surface area contributed by atoms with Crippen LogP contribution in [0.25, 0.3) is 0 Å². The van der Waals surface area contributed by atoms with Crippen molar-refractivity contribution in [1.29, 1.82) is 0 Å². The van der Waals surface area contributed by atoms with Gasteiger partial charge in [-0.25, -0.2) is 0 Å². The minimum absolute atomic E-state index is 0.523. The number of nitrogens with zero attached hydrogens (tertiary/aromatic N) is 2. The van der Waals surface area contributed by atoms with E-state index in [1.165, 1.54) is 29.8 Å². The molecule has 94 valence electrons. The summed E-state index contributed by atoms with van der Waals surface area (Å²) >= 11 is 0. The highest BCUT2D eigenvalue weighted by Gasteiger charge is 2.18. The van der Waals surface area contributed by atoms with Gasteiger partial charge in [-0.05, 0) is 37.5 Å². The fourth-order valence-corrected chi connectivity index (χ4v) is 2.76. The van der Waals surface area contributed by atoms with E-state index in [0.717, 1.165) is 12.1 Å². The van der Waals surface area contributed by atoms with E-state index in [9.17, 15) is 0 Å². The lowest BCUT2D eigenvalue weighted by molar-refractivity contribution is 0.593. The maximum atomic E-state index is 4.41. The minimum Gasteiger partial charge on any atom is -0.382 e. The summed E-state index contributed by atoms with van der Waals surface area (Å²) in [4.78, 5) is 0. The standard InChI is InChI=1S/C15H19N3/c1-11-9-14(18(2)17-11)10-13-8-7-12-5-3-4-6-15(12)16-13/h3-6,9,13,16H,7-8,10H2,1-2H3. The fraction of sp³-hybridized carbons (Fsp3) is 0.400. The van der Waals surface area contributed by atoms with Crippen LogP contribution in [0.2, 0.25) is 0 Å². The van der Waals surface area contributed by atoms with Gasteiger partial charge in [-0.2, -0.15) is 5.10 Å². The molecule has 1 atom stereocenters. The zero-order valence-corrected chi connectivity index (χ0v) is 11.0. The van der Waals surface area contributed by atoms with Gasteiger partial charge in [-0.1, -0.05) is 18.2 Å². The number of fused-ring (bicyclic) bond motifs is 1. The summed E-state index contributed by atoms with van der Waals surface area (Å²) < 4.78 is 2.00. The molecule has 3 heteroatoms. The number of hydrogen-bond acceptors (Lipinski definition) is 2. The molecule has 0 aliphatic carbocycles. The van der Waals surface area contributed by atoms with E-state index in [2.05, 4.69) is 40.7 Å². The number of hydrogen-bond donors (Lipinski definition) is 1. The maximum absolute atomic E-state index is 4.41. The third-order valence-corrected chi connectivity index (χ3v) is 3.69. The van der Waals surface area contributed by atoms with Crippen molar-refractivity contribution in [3.05, 3.63) is 47.3 Å². The Kier molecular flexibility index (Phi) is 2.82. The van der Waals surface area contributed by atoms with E-state index >= 15 is 0 Å². The van der Waals surface area contributed by atoms with Gasteiger partial charge in [0.1, 0.15) is 0 Å². The van der Waals surface area contributed by atoms with Crippen molar-refractivity contribution in [2.45, 2.75) is 32.2 Å². The number of nitrogens with one attached hydrogen (secondary N) is 1. The SMILES string of the molecule is Cc1cc(CC2CCc3ccccc3N2)n(C)n1. The lowest BCUT2D eigenvalue weighted by Gasteiger charge is -2.27. The monoisotopic (exact) mass is 241 g/mol. The Bertz CT molecular complexity index is 557. The quantitative estimate of drug-likeness (QED) is 0.876. The Morgan fingerprint density at radius 3 is 3.00 bits per heavy atom. The van der Waals surface area contributed by atoms with Gasteiger partial charge in [-0.3, -0.25) is 4.68 Å². The van der Waals surface area contributed by atoms with Crippen LogP contribution in [0.5, 0.6) is 0 Å².